The highest BCUT2D eigenvalue weighted by Crippen LogP contribution is 2.65. The maximum atomic E-state index is 5.32. The molecule has 0 fully saturated rings. The van der Waals surface area contributed by atoms with Crippen LogP contribution in [0, 0.1) is 0 Å². The van der Waals surface area contributed by atoms with Gasteiger partial charge in [-0.3, -0.25) is 0 Å². The number of aromatic nitrogens is 4. The predicted octanol–water partition coefficient (Wildman–Crippen LogP) is 15.1. The second kappa shape index (κ2) is 14.1. The minimum Gasteiger partial charge on any atom is -0.309 e. The van der Waals surface area contributed by atoms with E-state index in [0.29, 0.717) is 17.5 Å². The van der Waals surface area contributed by atoms with Gasteiger partial charge in [-0.2, -0.15) is 0 Å². The summed E-state index contributed by atoms with van der Waals surface area (Å²) in [7, 11) is 0. The Hall–Kier alpha value is -8.73. The molecule has 0 bridgehead atoms. The minimum atomic E-state index is -0.478. The van der Waals surface area contributed by atoms with Gasteiger partial charge in [-0.1, -0.05) is 194 Å². The van der Waals surface area contributed by atoms with Crippen LogP contribution in [0.2, 0.25) is 0 Å². The molecule has 1 spiro atoms. The monoisotopic (exact) mass is 838 g/mol. The van der Waals surface area contributed by atoms with E-state index in [-0.39, 0.29) is 0 Å². The van der Waals surface area contributed by atoms with Crippen molar-refractivity contribution in [1.82, 2.24) is 19.5 Å². The van der Waals surface area contributed by atoms with Gasteiger partial charge in [-0.05, 0) is 103 Å². The van der Waals surface area contributed by atoms with Crippen LogP contribution in [0.25, 0.3) is 106 Å². The van der Waals surface area contributed by atoms with Crippen molar-refractivity contribution in [2.24, 2.45) is 0 Å². The van der Waals surface area contributed by atoms with E-state index in [0.717, 1.165) is 39.0 Å². The van der Waals surface area contributed by atoms with Crippen LogP contribution in [0.1, 0.15) is 22.3 Å². The topological polar surface area (TPSA) is 43.6 Å². The molecule has 0 saturated carbocycles. The quantitative estimate of drug-likeness (QED) is 0.173. The first-order valence-electron chi connectivity index (χ1n) is 22.6. The molecule has 0 atom stereocenters. The fraction of sp³-hybridized carbons (Fsp3) is 0.0161. The van der Waals surface area contributed by atoms with Crippen LogP contribution in [0.15, 0.2) is 231 Å². The first-order valence-corrected chi connectivity index (χ1v) is 22.6. The van der Waals surface area contributed by atoms with Crippen molar-refractivity contribution in [2.45, 2.75) is 5.41 Å². The highest BCUT2D eigenvalue weighted by Gasteiger charge is 2.53. The lowest BCUT2D eigenvalue weighted by atomic mass is 9.69. The summed E-state index contributed by atoms with van der Waals surface area (Å²) in [6.45, 7) is 0. The van der Waals surface area contributed by atoms with Crippen LogP contribution >= 0.6 is 0 Å². The van der Waals surface area contributed by atoms with Crippen LogP contribution in [-0.4, -0.2) is 19.5 Å². The number of rotatable bonds is 5. The first kappa shape index (κ1) is 36.7. The Morgan fingerprint density at radius 1 is 0.318 bits per heavy atom. The van der Waals surface area contributed by atoms with E-state index in [1.54, 1.807) is 0 Å². The third-order valence-corrected chi connectivity index (χ3v) is 14.0. The summed E-state index contributed by atoms with van der Waals surface area (Å²) in [6.07, 6.45) is 0. The van der Waals surface area contributed by atoms with Crippen LogP contribution in [0.5, 0.6) is 0 Å². The molecule has 0 N–H and O–H groups in total. The highest BCUT2D eigenvalue weighted by molar-refractivity contribution is 6.10. The Balaban J connectivity index is 0.978. The van der Waals surface area contributed by atoms with E-state index < -0.39 is 5.41 Å². The molecule has 2 aliphatic carbocycles. The molecule has 2 aromatic heterocycles. The largest absolute Gasteiger partial charge is 0.309 e. The molecule has 4 nitrogen and oxygen atoms in total. The number of hydrogen-bond donors (Lipinski definition) is 0. The summed E-state index contributed by atoms with van der Waals surface area (Å²) >= 11 is 0. The average Bonchev–Trinajstić information content (AvgIpc) is 4.01. The summed E-state index contributed by atoms with van der Waals surface area (Å²) in [5.74, 6) is 1.87. The normalized spacial score (nSPS) is 13.0. The van der Waals surface area contributed by atoms with Gasteiger partial charge in [0, 0.05) is 33.2 Å². The summed E-state index contributed by atoms with van der Waals surface area (Å²) < 4.78 is 2.34. The molecular formula is C62H38N4. The zero-order valence-corrected chi connectivity index (χ0v) is 35.7. The third kappa shape index (κ3) is 5.18. The number of hydrogen-bond acceptors (Lipinski definition) is 3. The van der Waals surface area contributed by atoms with Crippen molar-refractivity contribution in [2.75, 3.05) is 0 Å². The van der Waals surface area contributed by atoms with Gasteiger partial charge < -0.3 is 4.57 Å². The fourth-order valence-electron chi connectivity index (χ4n) is 11.4. The Morgan fingerprint density at radius 2 is 0.788 bits per heavy atom. The van der Waals surface area contributed by atoms with Crippen molar-refractivity contribution in [1.29, 1.82) is 0 Å². The molecule has 14 rings (SSSR count). The Bertz CT molecular complexity index is 3860. The molecule has 4 heteroatoms. The lowest BCUT2D eigenvalue weighted by molar-refractivity contribution is 0.801. The SMILES string of the molecule is c1ccc(-c2nc(-c3cccc(-c4cc5ccccc5c5c4-c4ccccc4C54c5ccccc5-c5ccccc54)c3)nc(-c3cccc(-n4c5ccccc5c5ccccc54)c3)n2)cc1. The van der Waals surface area contributed by atoms with Crippen molar-refractivity contribution in [3.63, 3.8) is 0 Å². The summed E-state index contributed by atoms with van der Waals surface area (Å²) in [5.41, 5.74) is 18.4. The standard InChI is InChI=1S/C62H38N4/c1-2-18-39(19-3-1)59-63-60(65-61(64-59)43-23-17-24-44(37-43)66-55-34-14-9-28-48(55)49-29-10-15-35-56(49)66)42-22-16-21-40(36-42)51-38-41-20-4-5-25-45(41)58-57(51)50-30-8-13-33-54(50)62(58)52-31-11-6-26-46(52)47-27-7-12-32-53(47)62/h1-38H. The third-order valence-electron chi connectivity index (χ3n) is 14.0. The highest BCUT2D eigenvalue weighted by atomic mass is 15.0. The predicted molar refractivity (Wildman–Crippen MR) is 270 cm³/mol. The van der Waals surface area contributed by atoms with Gasteiger partial charge in [-0.25, -0.2) is 15.0 Å². The number of fused-ring (bicyclic) bond motifs is 15. The molecule has 0 radical (unpaired) electrons. The second-order valence-corrected chi connectivity index (χ2v) is 17.5. The molecule has 66 heavy (non-hydrogen) atoms. The molecular weight excluding hydrogens is 801 g/mol. The van der Waals surface area contributed by atoms with Gasteiger partial charge in [0.15, 0.2) is 17.5 Å². The minimum absolute atomic E-state index is 0.478. The van der Waals surface area contributed by atoms with E-state index in [4.69, 9.17) is 15.0 Å². The molecule has 0 amide bonds. The lowest BCUT2D eigenvalue weighted by Gasteiger charge is -2.31. The fourth-order valence-corrected chi connectivity index (χ4v) is 11.4. The Morgan fingerprint density at radius 3 is 1.45 bits per heavy atom. The molecule has 2 aliphatic rings. The van der Waals surface area contributed by atoms with Crippen molar-refractivity contribution < 1.29 is 0 Å². The van der Waals surface area contributed by atoms with Gasteiger partial charge in [0.25, 0.3) is 0 Å². The van der Waals surface area contributed by atoms with Gasteiger partial charge in [0.1, 0.15) is 0 Å². The number of nitrogens with zero attached hydrogens (tertiary/aromatic N) is 4. The van der Waals surface area contributed by atoms with E-state index in [2.05, 4.69) is 217 Å². The molecule has 0 unspecified atom stereocenters. The van der Waals surface area contributed by atoms with Crippen LogP contribution < -0.4 is 0 Å². The summed E-state index contributed by atoms with van der Waals surface area (Å²) in [6, 6.07) is 83.3. The van der Waals surface area contributed by atoms with Gasteiger partial charge in [0.2, 0.25) is 0 Å². The van der Waals surface area contributed by atoms with Crippen LogP contribution in [0.4, 0.5) is 0 Å². The van der Waals surface area contributed by atoms with Crippen LogP contribution in [-0.2, 0) is 5.41 Å². The summed E-state index contributed by atoms with van der Waals surface area (Å²) in [4.78, 5) is 15.7. The molecule has 2 heterocycles. The summed E-state index contributed by atoms with van der Waals surface area (Å²) in [5, 5.41) is 4.93. The van der Waals surface area contributed by atoms with E-state index in [9.17, 15) is 0 Å². The van der Waals surface area contributed by atoms with E-state index in [1.165, 1.54) is 71.6 Å². The smallest absolute Gasteiger partial charge is 0.164 e. The van der Waals surface area contributed by atoms with Gasteiger partial charge in [0.05, 0.1) is 16.4 Å². The molecule has 306 valence electrons. The molecule has 0 aliphatic heterocycles. The van der Waals surface area contributed by atoms with E-state index in [1.807, 2.05) is 18.2 Å². The lowest BCUT2D eigenvalue weighted by Crippen LogP contribution is -2.26. The second-order valence-electron chi connectivity index (χ2n) is 17.5. The zero-order chi connectivity index (χ0) is 43.3. The van der Waals surface area contributed by atoms with Crippen molar-refractivity contribution >= 4 is 32.6 Å². The zero-order valence-electron chi connectivity index (χ0n) is 35.7. The Labute approximate surface area is 381 Å². The van der Waals surface area contributed by atoms with Gasteiger partial charge in [-0.15, -0.1) is 0 Å². The molecule has 12 aromatic rings. The maximum Gasteiger partial charge on any atom is 0.164 e. The first-order chi connectivity index (χ1) is 32.7. The van der Waals surface area contributed by atoms with Crippen molar-refractivity contribution in [3.05, 3.63) is 253 Å². The number of para-hydroxylation sites is 2. The maximum absolute atomic E-state index is 5.32. The Kier molecular flexibility index (Phi) is 7.87. The van der Waals surface area contributed by atoms with Crippen LogP contribution in [0.3, 0.4) is 0 Å². The van der Waals surface area contributed by atoms with Crippen molar-refractivity contribution in [3.8, 4) is 73.2 Å². The van der Waals surface area contributed by atoms with Gasteiger partial charge >= 0.3 is 0 Å². The van der Waals surface area contributed by atoms with E-state index >= 15 is 0 Å². The average molecular weight is 839 g/mol. The number of benzene rings is 10. The molecule has 10 aromatic carbocycles. The molecule has 0 saturated heterocycles.